The van der Waals surface area contributed by atoms with E-state index in [0.29, 0.717) is 6.04 Å². The van der Waals surface area contributed by atoms with Gasteiger partial charge in [0.1, 0.15) is 5.82 Å². The number of carboxylic acid groups (broad SMARTS) is 1. The van der Waals surface area contributed by atoms with Gasteiger partial charge < -0.3 is 14.9 Å². The molecule has 0 amide bonds. The summed E-state index contributed by atoms with van der Waals surface area (Å²) >= 11 is 0. The molecule has 1 unspecified atom stereocenters. The van der Waals surface area contributed by atoms with E-state index in [4.69, 9.17) is 5.11 Å². The summed E-state index contributed by atoms with van der Waals surface area (Å²) in [4.78, 5) is 20.2. The van der Waals surface area contributed by atoms with Crippen molar-refractivity contribution in [2.45, 2.75) is 18.9 Å². The number of aromatic carboxylic acids is 1. The maximum atomic E-state index is 11.1. The fourth-order valence-corrected chi connectivity index (χ4v) is 3.69. The van der Waals surface area contributed by atoms with Crippen LogP contribution in [-0.2, 0) is 6.42 Å². The number of carboxylic acids is 1. The van der Waals surface area contributed by atoms with Crippen LogP contribution in [0.4, 0.5) is 11.5 Å². The molecule has 1 N–H and O–H groups in total. The van der Waals surface area contributed by atoms with Gasteiger partial charge in [-0.1, -0.05) is 24.3 Å². The number of benzene rings is 1. The largest absolute Gasteiger partial charge is 0.477 e. The number of para-hydroxylation sites is 1. The molecule has 5 heteroatoms. The van der Waals surface area contributed by atoms with E-state index in [2.05, 4.69) is 39.0 Å². The van der Waals surface area contributed by atoms with Crippen molar-refractivity contribution in [1.29, 1.82) is 0 Å². The number of nitrogens with zero attached hydrogens (tertiary/aromatic N) is 3. The van der Waals surface area contributed by atoms with E-state index in [1.165, 1.54) is 11.3 Å². The van der Waals surface area contributed by atoms with E-state index in [1.54, 1.807) is 12.1 Å². The molecule has 1 aromatic carbocycles. The molecule has 4 rings (SSSR count). The summed E-state index contributed by atoms with van der Waals surface area (Å²) in [5.41, 5.74) is 2.87. The van der Waals surface area contributed by atoms with E-state index in [1.807, 2.05) is 6.07 Å². The third-order valence-corrected chi connectivity index (χ3v) is 4.73. The van der Waals surface area contributed by atoms with Gasteiger partial charge in [0.2, 0.25) is 0 Å². The summed E-state index contributed by atoms with van der Waals surface area (Å²) in [6, 6.07) is 14.3. The first-order chi connectivity index (χ1) is 11.2. The van der Waals surface area contributed by atoms with Crippen molar-refractivity contribution in [2.75, 3.05) is 29.4 Å². The van der Waals surface area contributed by atoms with Gasteiger partial charge >= 0.3 is 5.97 Å². The Labute approximate surface area is 135 Å². The Hall–Kier alpha value is -2.56. The van der Waals surface area contributed by atoms with Crippen LogP contribution in [0.3, 0.4) is 0 Å². The lowest BCUT2D eigenvalue weighted by atomic mass is 10.1. The standard InChI is InChI=1S/C18H19N3O2/c22-18(23)15-6-3-8-17(19-15)20-9-4-10-21-14(12-20)11-13-5-1-2-7-16(13)21/h1-3,5-8,14H,4,9-12H2,(H,22,23). The van der Waals surface area contributed by atoms with Crippen LogP contribution in [0.15, 0.2) is 42.5 Å². The smallest absolute Gasteiger partial charge is 0.354 e. The van der Waals surface area contributed by atoms with Gasteiger partial charge in [-0.25, -0.2) is 9.78 Å². The van der Waals surface area contributed by atoms with Gasteiger partial charge in [-0.15, -0.1) is 0 Å². The van der Waals surface area contributed by atoms with Crippen molar-refractivity contribution in [2.24, 2.45) is 0 Å². The Morgan fingerprint density at radius 3 is 2.87 bits per heavy atom. The monoisotopic (exact) mass is 309 g/mol. The second-order valence-electron chi connectivity index (χ2n) is 6.17. The summed E-state index contributed by atoms with van der Waals surface area (Å²) in [6.45, 7) is 2.83. The molecule has 2 aromatic rings. The van der Waals surface area contributed by atoms with Crippen LogP contribution in [0.2, 0.25) is 0 Å². The maximum absolute atomic E-state index is 11.1. The summed E-state index contributed by atoms with van der Waals surface area (Å²) in [7, 11) is 0. The summed E-state index contributed by atoms with van der Waals surface area (Å²) in [6.07, 6.45) is 2.09. The second kappa shape index (κ2) is 5.57. The second-order valence-corrected chi connectivity index (χ2v) is 6.17. The topological polar surface area (TPSA) is 56.7 Å². The highest BCUT2D eigenvalue weighted by Crippen LogP contribution is 2.34. The minimum atomic E-state index is -0.975. The zero-order valence-electron chi connectivity index (χ0n) is 12.9. The Balaban J connectivity index is 1.60. The molecule has 3 heterocycles. The molecule has 0 radical (unpaired) electrons. The highest BCUT2D eigenvalue weighted by Gasteiger charge is 2.32. The lowest BCUT2D eigenvalue weighted by molar-refractivity contribution is 0.0690. The first kappa shape index (κ1) is 14.1. The van der Waals surface area contributed by atoms with Crippen molar-refractivity contribution in [1.82, 2.24) is 4.98 Å². The van der Waals surface area contributed by atoms with E-state index in [9.17, 15) is 4.79 Å². The number of hydrogen-bond acceptors (Lipinski definition) is 4. The summed E-state index contributed by atoms with van der Waals surface area (Å²) in [5, 5.41) is 9.14. The molecule has 118 valence electrons. The molecule has 1 aromatic heterocycles. The number of pyridine rings is 1. The van der Waals surface area contributed by atoms with Crippen LogP contribution < -0.4 is 9.80 Å². The van der Waals surface area contributed by atoms with Gasteiger partial charge in [0.15, 0.2) is 5.69 Å². The molecule has 0 spiro atoms. The lowest BCUT2D eigenvalue weighted by Crippen LogP contribution is -2.39. The van der Waals surface area contributed by atoms with Gasteiger partial charge in [0.05, 0.1) is 6.04 Å². The first-order valence-corrected chi connectivity index (χ1v) is 8.02. The van der Waals surface area contributed by atoms with Crippen molar-refractivity contribution in [3.8, 4) is 0 Å². The predicted octanol–water partition coefficient (Wildman–Crippen LogP) is 2.42. The van der Waals surface area contributed by atoms with Crippen LogP contribution >= 0.6 is 0 Å². The number of aromatic nitrogens is 1. The summed E-state index contributed by atoms with van der Waals surface area (Å²) < 4.78 is 0. The number of anilines is 2. The van der Waals surface area contributed by atoms with Gasteiger partial charge in [-0.2, -0.15) is 0 Å². The molecule has 23 heavy (non-hydrogen) atoms. The fourth-order valence-electron chi connectivity index (χ4n) is 3.69. The zero-order chi connectivity index (χ0) is 15.8. The normalized spacial score (nSPS) is 19.9. The van der Waals surface area contributed by atoms with Crippen molar-refractivity contribution in [3.63, 3.8) is 0 Å². The van der Waals surface area contributed by atoms with Crippen LogP contribution in [0.1, 0.15) is 22.5 Å². The van der Waals surface area contributed by atoms with Crippen LogP contribution in [0.25, 0.3) is 0 Å². The predicted molar refractivity (Wildman–Crippen MR) is 89.3 cm³/mol. The van der Waals surface area contributed by atoms with Crippen LogP contribution in [-0.4, -0.2) is 41.7 Å². The third kappa shape index (κ3) is 2.52. The van der Waals surface area contributed by atoms with E-state index < -0.39 is 5.97 Å². The fraction of sp³-hybridized carbons (Fsp3) is 0.333. The van der Waals surface area contributed by atoms with Crippen molar-refractivity contribution < 1.29 is 9.90 Å². The molecule has 1 saturated heterocycles. The zero-order valence-corrected chi connectivity index (χ0v) is 12.9. The molecule has 2 aliphatic heterocycles. The minimum absolute atomic E-state index is 0.110. The number of rotatable bonds is 2. The van der Waals surface area contributed by atoms with Gasteiger partial charge in [-0.3, -0.25) is 0 Å². The molecule has 1 atom stereocenters. The third-order valence-electron chi connectivity index (χ3n) is 4.73. The van der Waals surface area contributed by atoms with Crippen molar-refractivity contribution in [3.05, 3.63) is 53.7 Å². The molecule has 2 aliphatic rings. The molecular formula is C18H19N3O2. The Morgan fingerprint density at radius 1 is 1.13 bits per heavy atom. The van der Waals surface area contributed by atoms with Gasteiger partial charge in [-0.05, 0) is 36.6 Å². The van der Waals surface area contributed by atoms with E-state index >= 15 is 0 Å². The average molecular weight is 309 g/mol. The Kier molecular flexibility index (Phi) is 3.41. The highest BCUT2D eigenvalue weighted by atomic mass is 16.4. The Bertz CT molecular complexity index is 747. The molecule has 5 nitrogen and oxygen atoms in total. The lowest BCUT2D eigenvalue weighted by Gasteiger charge is -2.28. The quantitative estimate of drug-likeness (QED) is 0.923. The first-order valence-electron chi connectivity index (χ1n) is 8.02. The van der Waals surface area contributed by atoms with Crippen LogP contribution in [0.5, 0.6) is 0 Å². The SMILES string of the molecule is O=C(O)c1cccc(N2CCCN3c4ccccc4CC3C2)n1. The van der Waals surface area contributed by atoms with Gasteiger partial charge in [0.25, 0.3) is 0 Å². The van der Waals surface area contributed by atoms with Crippen LogP contribution in [0, 0.1) is 0 Å². The molecule has 1 fully saturated rings. The molecule has 0 aliphatic carbocycles. The average Bonchev–Trinajstić information content (AvgIpc) is 2.78. The van der Waals surface area contributed by atoms with Gasteiger partial charge in [0, 0.05) is 25.3 Å². The molecule has 0 bridgehead atoms. The number of fused-ring (bicyclic) bond motifs is 3. The number of carbonyl (C=O) groups is 1. The minimum Gasteiger partial charge on any atom is -0.477 e. The van der Waals surface area contributed by atoms with E-state index in [0.717, 1.165) is 38.3 Å². The van der Waals surface area contributed by atoms with E-state index in [-0.39, 0.29) is 5.69 Å². The molecule has 0 saturated carbocycles. The highest BCUT2D eigenvalue weighted by molar-refractivity contribution is 5.85. The Morgan fingerprint density at radius 2 is 2.00 bits per heavy atom. The van der Waals surface area contributed by atoms with Crippen molar-refractivity contribution >= 4 is 17.5 Å². The maximum Gasteiger partial charge on any atom is 0.354 e. The number of hydrogen-bond donors (Lipinski definition) is 1. The molecular weight excluding hydrogens is 290 g/mol. The summed E-state index contributed by atoms with van der Waals surface area (Å²) in [5.74, 6) is -0.209.